The average Bonchev–Trinajstić information content (AvgIpc) is 3.12. The zero-order valence-electron chi connectivity index (χ0n) is 12.1. The zero-order chi connectivity index (χ0) is 16.7. The van der Waals surface area contributed by atoms with Crippen molar-refractivity contribution in [2.45, 2.75) is 36.4 Å². The molecule has 120 valence electrons. The van der Waals surface area contributed by atoms with Gasteiger partial charge in [0.15, 0.2) is 17.3 Å². The van der Waals surface area contributed by atoms with E-state index in [1.807, 2.05) is 6.07 Å². The summed E-state index contributed by atoms with van der Waals surface area (Å²) in [6.45, 7) is -0.241. The molecule has 0 aliphatic heterocycles. The molecule has 1 aliphatic rings. The van der Waals surface area contributed by atoms with Gasteiger partial charge >= 0.3 is 0 Å². The van der Waals surface area contributed by atoms with E-state index >= 15 is 4.39 Å². The first-order chi connectivity index (χ1) is 10.9. The van der Waals surface area contributed by atoms with Crippen molar-refractivity contribution in [3.63, 3.8) is 0 Å². The molecule has 1 heterocycles. The Bertz CT molecular complexity index is 779. The molecule has 7 heteroatoms. The van der Waals surface area contributed by atoms with Crippen molar-refractivity contribution in [2.24, 2.45) is 0 Å². The van der Waals surface area contributed by atoms with Gasteiger partial charge < -0.3 is 4.57 Å². The van der Waals surface area contributed by atoms with Crippen molar-refractivity contribution in [1.29, 1.82) is 5.26 Å². The van der Waals surface area contributed by atoms with Crippen molar-refractivity contribution in [2.75, 3.05) is 0 Å². The molecule has 2 aromatic rings. The van der Waals surface area contributed by atoms with Crippen LogP contribution in [0, 0.1) is 23.0 Å². The number of nitriles is 1. The summed E-state index contributed by atoms with van der Waals surface area (Å²) in [4.78, 5) is 2.68. The Balaban J connectivity index is 1.95. The van der Waals surface area contributed by atoms with Crippen LogP contribution < -0.4 is 0 Å². The van der Waals surface area contributed by atoms with Crippen LogP contribution in [0.15, 0.2) is 30.7 Å². The van der Waals surface area contributed by atoms with Gasteiger partial charge in [0, 0.05) is 6.42 Å². The highest BCUT2D eigenvalue weighted by Gasteiger charge is 2.59. The first kappa shape index (κ1) is 15.9. The van der Waals surface area contributed by atoms with Crippen LogP contribution in [0.3, 0.4) is 0 Å². The number of aromatic nitrogens is 2. The fourth-order valence-electron chi connectivity index (χ4n) is 2.71. The van der Waals surface area contributed by atoms with E-state index in [9.17, 15) is 8.78 Å². The molecule has 1 atom stereocenters. The Morgan fingerprint density at radius 2 is 2.13 bits per heavy atom. The van der Waals surface area contributed by atoms with E-state index in [2.05, 4.69) is 4.98 Å². The summed E-state index contributed by atoms with van der Waals surface area (Å²) in [5, 5.41) is 9.02. The number of benzene rings is 1. The summed E-state index contributed by atoms with van der Waals surface area (Å²) in [7, 11) is 0. The van der Waals surface area contributed by atoms with Crippen molar-refractivity contribution in [3.8, 4) is 6.07 Å². The summed E-state index contributed by atoms with van der Waals surface area (Å²) in [6.07, 6.45) is 3.16. The molecular weight excluding hydrogens is 327 g/mol. The molecular formula is C16H13ClF3N3. The maximum absolute atomic E-state index is 15.7. The lowest BCUT2D eigenvalue weighted by atomic mass is 9.90. The van der Waals surface area contributed by atoms with Crippen LogP contribution in [-0.4, -0.2) is 20.1 Å². The van der Waals surface area contributed by atoms with E-state index in [0.717, 1.165) is 6.07 Å². The van der Waals surface area contributed by atoms with Gasteiger partial charge in [-0.1, -0.05) is 12.1 Å². The van der Waals surface area contributed by atoms with E-state index in [1.165, 1.54) is 29.2 Å². The lowest BCUT2D eigenvalue weighted by Crippen LogP contribution is -2.43. The van der Waals surface area contributed by atoms with E-state index in [-0.39, 0.29) is 24.2 Å². The van der Waals surface area contributed by atoms with Gasteiger partial charge in [-0.05, 0) is 24.5 Å². The second-order valence-corrected chi connectivity index (χ2v) is 6.56. The van der Waals surface area contributed by atoms with Gasteiger partial charge in [0.05, 0.1) is 23.9 Å². The maximum atomic E-state index is 15.7. The number of nitrogens with zero attached hydrogens (tertiary/aromatic N) is 3. The molecule has 0 radical (unpaired) electrons. The Morgan fingerprint density at radius 1 is 1.39 bits per heavy atom. The van der Waals surface area contributed by atoms with Gasteiger partial charge in [0.25, 0.3) is 0 Å². The van der Waals surface area contributed by atoms with E-state index in [1.54, 1.807) is 0 Å². The third-order valence-electron chi connectivity index (χ3n) is 4.24. The topological polar surface area (TPSA) is 41.6 Å². The fourth-order valence-corrected chi connectivity index (χ4v) is 2.93. The van der Waals surface area contributed by atoms with Gasteiger partial charge in [0.1, 0.15) is 11.8 Å². The Hall–Kier alpha value is -2.00. The van der Waals surface area contributed by atoms with Crippen LogP contribution >= 0.6 is 11.6 Å². The molecule has 1 fully saturated rings. The molecule has 1 aromatic carbocycles. The number of imidazole rings is 1. The van der Waals surface area contributed by atoms with Crippen LogP contribution in [0.2, 0.25) is 0 Å². The third-order valence-corrected chi connectivity index (χ3v) is 4.96. The van der Waals surface area contributed by atoms with E-state index in [4.69, 9.17) is 16.9 Å². The second kappa shape index (κ2) is 5.57. The highest BCUT2D eigenvalue weighted by molar-refractivity contribution is 6.26. The predicted octanol–water partition coefficient (Wildman–Crippen LogP) is 3.76. The standard InChI is InChI=1S/C16H13ClF3N3/c17-15(4-5-15)16(20,9-23-10-22-8-12(23)7-21)6-11-2-1-3-13(18)14(11)19/h1-3,8,10H,4-6,9H2. The molecule has 0 saturated heterocycles. The van der Waals surface area contributed by atoms with Gasteiger partial charge in [-0.2, -0.15) is 5.26 Å². The number of hydrogen-bond donors (Lipinski definition) is 0. The number of hydrogen-bond acceptors (Lipinski definition) is 2. The van der Waals surface area contributed by atoms with Gasteiger partial charge in [-0.3, -0.25) is 0 Å². The molecule has 0 amide bonds. The third kappa shape index (κ3) is 2.81. The zero-order valence-corrected chi connectivity index (χ0v) is 12.8. The SMILES string of the molecule is N#Cc1cncn1CC(F)(Cc1cccc(F)c1F)C1(Cl)CC1. The summed E-state index contributed by atoms with van der Waals surface area (Å²) < 4.78 is 44.3. The predicted molar refractivity (Wildman–Crippen MR) is 78.7 cm³/mol. The minimum atomic E-state index is -2.02. The quantitative estimate of drug-likeness (QED) is 0.778. The van der Waals surface area contributed by atoms with Crippen molar-refractivity contribution in [3.05, 3.63) is 53.6 Å². The fraction of sp³-hybridized carbons (Fsp3) is 0.375. The largest absolute Gasteiger partial charge is 0.319 e. The summed E-state index contributed by atoms with van der Waals surface area (Å²) >= 11 is 6.30. The molecule has 1 saturated carbocycles. The van der Waals surface area contributed by atoms with Crippen LogP contribution in [0.25, 0.3) is 0 Å². The highest BCUT2D eigenvalue weighted by Crippen LogP contribution is 2.55. The monoisotopic (exact) mass is 339 g/mol. The lowest BCUT2D eigenvalue weighted by Gasteiger charge is -2.31. The number of rotatable bonds is 5. The smallest absolute Gasteiger partial charge is 0.162 e. The molecule has 23 heavy (non-hydrogen) atoms. The summed E-state index contributed by atoms with van der Waals surface area (Å²) in [6, 6.07) is 5.57. The normalized spacial score (nSPS) is 18.2. The Labute approximate surface area is 136 Å². The number of alkyl halides is 2. The summed E-state index contributed by atoms with van der Waals surface area (Å²) in [5.41, 5.74) is -1.90. The van der Waals surface area contributed by atoms with Gasteiger partial charge in [-0.15, -0.1) is 11.6 Å². The van der Waals surface area contributed by atoms with Crippen LogP contribution in [0.5, 0.6) is 0 Å². The van der Waals surface area contributed by atoms with E-state index < -0.39 is 22.2 Å². The van der Waals surface area contributed by atoms with Crippen LogP contribution in [0.4, 0.5) is 13.2 Å². The van der Waals surface area contributed by atoms with Crippen molar-refractivity contribution < 1.29 is 13.2 Å². The Kier molecular flexibility index (Phi) is 3.85. The molecule has 1 aromatic heterocycles. The number of halogens is 4. The maximum Gasteiger partial charge on any atom is 0.162 e. The minimum absolute atomic E-state index is 0.0713. The highest BCUT2D eigenvalue weighted by atomic mass is 35.5. The van der Waals surface area contributed by atoms with Crippen molar-refractivity contribution >= 4 is 11.6 Å². The molecule has 0 spiro atoms. The molecule has 0 N–H and O–H groups in total. The first-order valence-corrected chi connectivity index (χ1v) is 7.47. The van der Waals surface area contributed by atoms with Crippen molar-refractivity contribution in [1.82, 2.24) is 9.55 Å². The average molecular weight is 340 g/mol. The molecule has 0 bridgehead atoms. The van der Waals surface area contributed by atoms with E-state index in [0.29, 0.717) is 12.8 Å². The molecule has 1 unspecified atom stereocenters. The molecule has 1 aliphatic carbocycles. The van der Waals surface area contributed by atoms with Crippen LogP contribution in [-0.2, 0) is 13.0 Å². The second-order valence-electron chi connectivity index (χ2n) is 5.84. The first-order valence-electron chi connectivity index (χ1n) is 7.09. The molecule has 3 nitrogen and oxygen atoms in total. The van der Waals surface area contributed by atoms with Gasteiger partial charge in [-0.25, -0.2) is 18.2 Å². The van der Waals surface area contributed by atoms with Gasteiger partial charge in [0.2, 0.25) is 0 Å². The molecule has 3 rings (SSSR count). The Morgan fingerprint density at radius 3 is 2.78 bits per heavy atom. The minimum Gasteiger partial charge on any atom is -0.319 e. The lowest BCUT2D eigenvalue weighted by molar-refractivity contribution is 0.118. The van der Waals surface area contributed by atoms with Crippen LogP contribution in [0.1, 0.15) is 24.1 Å². The summed E-state index contributed by atoms with van der Waals surface area (Å²) in [5.74, 6) is -2.09.